The lowest BCUT2D eigenvalue weighted by atomic mass is 10.2. The molecule has 0 saturated carbocycles. The molecule has 0 amide bonds. The zero-order chi connectivity index (χ0) is 16.4. The third kappa shape index (κ3) is 3.73. The lowest BCUT2D eigenvalue weighted by molar-refractivity contribution is 0.172. The molecule has 0 radical (unpaired) electrons. The van der Waals surface area contributed by atoms with Gasteiger partial charge in [-0.2, -0.15) is 4.98 Å². The Morgan fingerprint density at radius 3 is 3.04 bits per heavy atom. The molecule has 1 aromatic heterocycles. The third-order valence-electron chi connectivity index (χ3n) is 4.01. The summed E-state index contributed by atoms with van der Waals surface area (Å²) in [5, 5.41) is 7.48. The number of benzene rings is 1. The van der Waals surface area contributed by atoms with Gasteiger partial charge in [0.2, 0.25) is 0 Å². The fourth-order valence-electron chi connectivity index (χ4n) is 2.58. The Kier molecular flexibility index (Phi) is 4.99. The van der Waals surface area contributed by atoms with Crippen LogP contribution in [0.3, 0.4) is 0 Å². The monoisotopic (exact) mass is 380 g/mol. The fraction of sp³-hybridized carbons (Fsp3) is 0.500. The number of ether oxygens (including phenoxy) is 1. The van der Waals surface area contributed by atoms with Gasteiger partial charge in [0, 0.05) is 19.6 Å². The Balaban J connectivity index is 1.71. The van der Waals surface area contributed by atoms with Gasteiger partial charge in [0.1, 0.15) is 5.75 Å². The van der Waals surface area contributed by atoms with Crippen LogP contribution < -0.4 is 10.1 Å². The van der Waals surface area contributed by atoms with Crippen molar-refractivity contribution in [1.82, 2.24) is 20.4 Å². The summed E-state index contributed by atoms with van der Waals surface area (Å²) < 4.78 is 12.3. The van der Waals surface area contributed by atoms with E-state index in [0.29, 0.717) is 11.7 Å². The Morgan fingerprint density at radius 1 is 1.48 bits per heavy atom. The summed E-state index contributed by atoms with van der Waals surface area (Å²) in [5.41, 5.74) is 1.17. The van der Waals surface area contributed by atoms with E-state index in [4.69, 9.17) is 9.26 Å². The van der Waals surface area contributed by atoms with E-state index in [1.165, 1.54) is 5.56 Å². The molecule has 1 aliphatic rings. The van der Waals surface area contributed by atoms with Crippen molar-refractivity contribution in [2.45, 2.75) is 26.0 Å². The van der Waals surface area contributed by atoms with Gasteiger partial charge < -0.3 is 14.6 Å². The van der Waals surface area contributed by atoms with E-state index in [-0.39, 0.29) is 12.1 Å². The van der Waals surface area contributed by atoms with Crippen LogP contribution in [0.2, 0.25) is 0 Å². The molecule has 7 heteroatoms. The molecule has 2 atom stereocenters. The maximum Gasteiger partial charge on any atom is 0.267 e. The molecule has 6 nitrogen and oxygen atoms in total. The predicted molar refractivity (Wildman–Crippen MR) is 90.5 cm³/mol. The van der Waals surface area contributed by atoms with Crippen LogP contribution in [0.25, 0.3) is 0 Å². The summed E-state index contributed by atoms with van der Waals surface area (Å²) in [4.78, 5) is 6.76. The summed E-state index contributed by atoms with van der Waals surface area (Å²) in [6.45, 7) is 6.73. The molecule has 0 spiro atoms. The van der Waals surface area contributed by atoms with Gasteiger partial charge in [-0.15, -0.1) is 0 Å². The molecule has 2 unspecified atom stereocenters. The number of halogens is 1. The molecule has 1 aliphatic heterocycles. The highest BCUT2D eigenvalue weighted by Crippen LogP contribution is 2.30. The average molecular weight is 381 g/mol. The first-order valence-corrected chi connectivity index (χ1v) is 8.51. The van der Waals surface area contributed by atoms with E-state index < -0.39 is 0 Å². The van der Waals surface area contributed by atoms with Crippen LogP contribution in [-0.2, 0) is 0 Å². The van der Waals surface area contributed by atoms with E-state index in [1.807, 2.05) is 32.0 Å². The molecule has 124 valence electrons. The molecule has 0 aliphatic carbocycles. The summed E-state index contributed by atoms with van der Waals surface area (Å²) in [6, 6.07) is 6.10. The number of aromatic nitrogens is 2. The van der Waals surface area contributed by atoms with Gasteiger partial charge in [0.05, 0.1) is 10.5 Å². The van der Waals surface area contributed by atoms with Gasteiger partial charge >= 0.3 is 0 Å². The molecular formula is C16H21BrN4O2. The minimum atomic E-state index is -0.308. The number of aryl methyl sites for hydroxylation is 1. The van der Waals surface area contributed by atoms with Crippen LogP contribution in [0, 0.1) is 6.92 Å². The van der Waals surface area contributed by atoms with Crippen molar-refractivity contribution < 1.29 is 9.26 Å². The van der Waals surface area contributed by atoms with Crippen molar-refractivity contribution >= 4 is 15.9 Å². The van der Waals surface area contributed by atoms with Gasteiger partial charge in [0.25, 0.3) is 5.89 Å². The van der Waals surface area contributed by atoms with Gasteiger partial charge in [-0.1, -0.05) is 11.2 Å². The van der Waals surface area contributed by atoms with Crippen LogP contribution in [0.4, 0.5) is 0 Å². The number of piperazine rings is 1. The van der Waals surface area contributed by atoms with Crippen molar-refractivity contribution in [1.29, 1.82) is 0 Å². The number of hydrogen-bond donors (Lipinski definition) is 1. The van der Waals surface area contributed by atoms with Crippen molar-refractivity contribution in [3.63, 3.8) is 0 Å². The molecule has 0 bridgehead atoms. The van der Waals surface area contributed by atoms with Gasteiger partial charge in [-0.25, -0.2) is 0 Å². The first-order valence-electron chi connectivity index (χ1n) is 7.72. The maximum atomic E-state index is 5.94. The fourth-order valence-corrected chi connectivity index (χ4v) is 3.17. The van der Waals surface area contributed by atoms with E-state index in [0.717, 1.165) is 29.9 Å². The van der Waals surface area contributed by atoms with E-state index in [9.17, 15) is 0 Å². The SMILES string of the molecule is Cc1ccc(OC(C)c2nc(C3CNCCN3C)no2)c(Br)c1. The van der Waals surface area contributed by atoms with Crippen molar-refractivity contribution in [2.75, 3.05) is 26.7 Å². The first-order chi connectivity index (χ1) is 11.0. The Morgan fingerprint density at radius 2 is 2.30 bits per heavy atom. The molecule has 1 aromatic carbocycles. The molecule has 23 heavy (non-hydrogen) atoms. The zero-order valence-corrected chi connectivity index (χ0v) is 15.1. The second-order valence-electron chi connectivity index (χ2n) is 5.89. The molecule has 1 saturated heterocycles. The summed E-state index contributed by atoms with van der Waals surface area (Å²) in [7, 11) is 2.07. The number of nitrogens with one attached hydrogen (secondary N) is 1. The molecule has 2 heterocycles. The highest BCUT2D eigenvalue weighted by Gasteiger charge is 2.26. The molecule has 2 aromatic rings. The molecule has 3 rings (SSSR count). The lowest BCUT2D eigenvalue weighted by Gasteiger charge is -2.30. The van der Waals surface area contributed by atoms with Gasteiger partial charge in [-0.05, 0) is 54.5 Å². The quantitative estimate of drug-likeness (QED) is 0.879. The summed E-state index contributed by atoms with van der Waals surface area (Å²) in [6.07, 6.45) is -0.308. The third-order valence-corrected chi connectivity index (χ3v) is 4.63. The van der Waals surface area contributed by atoms with Crippen LogP contribution >= 0.6 is 15.9 Å². The van der Waals surface area contributed by atoms with E-state index in [1.54, 1.807) is 0 Å². The van der Waals surface area contributed by atoms with Crippen LogP contribution in [0.5, 0.6) is 5.75 Å². The van der Waals surface area contributed by atoms with Crippen LogP contribution in [-0.4, -0.2) is 41.7 Å². The van der Waals surface area contributed by atoms with Crippen LogP contribution in [0.1, 0.15) is 36.3 Å². The smallest absolute Gasteiger partial charge is 0.267 e. The van der Waals surface area contributed by atoms with Crippen molar-refractivity contribution in [3.05, 3.63) is 40.0 Å². The van der Waals surface area contributed by atoms with Gasteiger partial charge in [-0.3, -0.25) is 4.90 Å². The van der Waals surface area contributed by atoms with Crippen molar-refractivity contribution in [2.24, 2.45) is 0 Å². The topological polar surface area (TPSA) is 63.4 Å². The molecular weight excluding hydrogens is 360 g/mol. The second kappa shape index (κ2) is 6.98. The second-order valence-corrected chi connectivity index (χ2v) is 6.74. The number of nitrogens with zero attached hydrogens (tertiary/aromatic N) is 3. The highest BCUT2D eigenvalue weighted by molar-refractivity contribution is 9.10. The van der Waals surface area contributed by atoms with E-state index in [2.05, 4.69) is 43.3 Å². The molecule has 1 N–H and O–H groups in total. The standard InChI is InChI=1S/C16H21BrN4O2/c1-10-4-5-14(12(17)8-10)22-11(2)16-19-15(20-23-16)13-9-18-6-7-21(13)3/h4-5,8,11,13,18H,6-7,9H2,1-3H3. The minimum Gasteiger partial charge on any atom is -0.480 e. The Hall–Kier alpha value is -1.44. The van der Waals surface area contributed by atoms with Gasteiger partial charge in [0.15, 0.2) is 11.9 Å². The van der Waals surface area contributed by atoms with E-state index >= 15 is 0 Å². The maximum absolute atomic E-state index is 5.94. The summed E-state index contributed by atoms with van der Waals surface area (Å²) in [5.74, 6) is 1.96. The van der Waals surface area contributed by atoms with Crippen molar-refractivity contribution in [3.8, 4) is 5.75 Å². The minimum absolute atomic E-state index is 0.138. The Bertz CT molecular complexity index is 676. The number of hydrogen-bond acceptors (Lipinski definition) is 6. The highest BCUT2D eigenvalue weighted by atomic mass is 79.9. The number of likely N-dealkylation sites (N-methyl/N-ethyl adjacent to an activating group) is 1. The summed E-state index contributed by atoms with van der Waals surface area (Å²) >= 11 is 3.52. The normalized spacial score (nSPS) is 20.4. The zero-order valence-electron chi connectivity index (χ0n) is 13.5. The first kappa shape index (κ1) is 16.4. The van der Waals surface area contributed by atoms with Crippen LogP contribution in [0.15, 0.2) is 27.2 Å². The molecule has 1 fully saturated rings. The average Bonchev–Trinajstić information content (AvgIpc) is 3.00. The largest absolute Gasteiger partial charge is 0.480 e. The Labute approximate surface area is 144 Å². The lowest BCUT2D eigenvalue weighted by Crippen LogP contribution is -2.44. The predicted octanol–water partition coefficient (Wildman–Crippen LogP) is 2.86. The number of rotatable bonds is 4.